The second-order valence-electron chi connectivity index (χ2n) is 6.24. The van der Waals surface area contributed by atoms with Crippen LogP contribution in [0.2, 0.25) is 0 Å². The molecule has 0 fully saturated rings. The Kier molecular flexibility index (Phi) is 6.17. The van der Waals surface area contributed by atoms with Crippen molar-refractivity contribution in [1.29, 1.82) is 0 Å². The first-order valence-corrected chi connectivity index (χ1v) is 9.72. The van der Waals surface area contributed by atoms with Gasteiger partial charge in [-0.3, -0.25) is 9.59 Å². The third-order valence-corrected chi connectivity index (χ3v) is 4.72. The summed E-state index contributed by atoms with van der Waals surface area (Å²) in [6, 6.07) is 16.0. The Morgan fingerprint density at radius 3 is 2.21 bits per heavy atom. The molecule has 0 aliphatic heterocycles. The molecule has 0 unspecified atom stereocenters. The molecule has 0 aliphatic carbocycles. The first-order valence-electron chi connectivity index (χ1n) is 8.58. The SMILES string of the molecule is Cc1nn(-c2ccccc2)c(C)c1NC(=O)c1ccccc1NC(=O)C(Cl)(Cl)Cl. The molecule has 0 spiro atoms. The van der Waals surface area contributed by atoms with Gasteiger partial charge in [0, 0.05) is 0 Å². The standard InChI is InChI=1S/C20H17Cl3N4O2/c1-12-17(13(2)27(26-12)14-8-4-3-5-9-14)25-18(28)15-10-6-7-11-16(15)24-19(29)20(21,22)23/h3-11H,1-2H3,(H,24,29)(H,25,28). The van der Waals surface area contributed by atoms with E-state index in [0.29, 0.717) is 11.4 Å². The quantitative estimate of drug-likeness (QED) is 0.545. The molecule has 6 nitrogen and oxygen atoms in total. The number of anilines is 2. The van der Waals surface area contributed by atoms with Crippen molar-refractivity contribution < 1.29 is 9.59 Å². The monoisotopic (exact) mass is 450 g/mol. The van der Waals surface area contributed by atoms with E-state index in [1.807, 2.05) is 37.3 Å². The van der Waals surface area contributed by atoms with Gasteiger partial charge in [0.2, 0.25) is 0 Å². The van der Waals surface area contributed by atoms with Crippen molar-refractivity contribution in [2.75, 3.05) is 10.6 Å². The van der Waals surface area contributed by atoms with Crippen LogP contribution in [0.3, 0.4) is 0 Å². The molecule has 1 aromatic heterocycles. The Bertz CT molecular complexity index is 1060. The number of para-hydroxylation sites is 2. The summed E-state index contributed by atoms with van der Waals surface area (Å²) in [7, 11) is 0. The predicted octanol–water partition coefficient (Wildman–Crippen LogP) is 5.05. The molecule has 9 heteroatoms. The number of benzene rings is 2. The number of carbonyl (C=O) groups excluding carboxylic acids is 2. The minimum absolute atomic E-state index is 0.223. The van der Waals surface area contributed by atoms with Gasteiger partial charge in [-0.2, -0.15) is 5.10 Å². The molecule has 0 saturated heterocycles. The summed E-state index contributed by atoms with van der Waals surface area (Å²) in [5.41, 5.74) is 3.34. The van der Waals surface area contributed by atoms with Gasteiger partial charge >= 0.3 is 0 Å². The highest BCUT2D eigenvalue weighted by Gasteiger charge is 2.31. The number of aromatic nitrogens is 2. The third-order valence-electron chi connectivity index (χ3n) is 4.21. The summed E-state index contributed by atoms with van der Waals surface area (Å²) in [4.78, 5) is 24.9. The summed E-state index contributed by atoms with van der Waals surface area (Å²) in [5.74, 6) is -1.28. The number of amides is 2. The van der Waals surface area contributed by atoms with Crippen molar-refractivity contribution in [3.63, 3.8) is 0 Å². The van der Waals surface area contributed by atoms with E-state index in [4.69, 9.17) is 34.8 Å². The molecule has 1 heterocycles. The van der Waals surface area contributed by atoms with E-state index < -0.39 is 15.6 Å². The molecule has 0 aliphatic rings. The smallest absolute Gasteiger partial charge is 0.276 e. The lowest BCUT2D eigenvalue weighted by atomic mass is 10.1. The van der Waals surface area contributed by atoms with E-state index in [-0.39, 0.29) is 11.3 Å². The molecule has 150 valence electrons. The predicted molar refractivity (Wildman–Crippen MR) is 116 cm³/mol. The number of alkyl halides is 3. The van der Waals surface area contributed by atoms with E-state index in [1.54, 1.807) is 35.9 Å². The molecule has 3 rings (SSSR count). The van der Waals surface area contributed by atoms with E-state index in [9.17, 15) is 9.59 Å². The zero-order valence-electron chi connectivity index (χ0n) is 15.5. The largest absolute Gasteiger partial charge is 0.322 e. The van der Waals surface area contributed by atoms with Crippen LogP contribution in [0, 0.1) is 13.8 Å². The van der Waals surface area contributed by atoms with Gasteiger partial charge in [0.15, 0.2) is 0 Å². The van der Waals surface area contributed by atoms with Crippen LogP contribution in [0.5, 0.6) is 0 Å². The van der Waals surface area contributed by atoms with E-state index >= 15 is 0 Å². The average molecular weight is 452 g/mol. The number of carbonyl (C=O) groups is 2. The Labute approximate surface area is 182 Å². The first kappa shape index (κ1) is 21.2. The zero-order valence-corrected chi connectivity index (χ0v) is 17.8. The van der Waals surface area contributed by atoms with Crippen molar-refractivity contribution in [3.8, 4) is 5.69 Å². The van der Waals surface area contributed by atoms with Crippen LogP contribution in [0.25, 0.3) is 5.69 Å². The van der Waals surface area contributed by atoms with Crippen LogP contribution >= 0.6 is 34.8 Å². The summed E-state index contributed by atoms with van der Waals surface area (Å²) in [5, 5.41) is 9.84. The molecule has 0 radical (unpaired) electrons. The van der Waals surface area contributed by atoms with Gasteiger partial charge in [0.1, 0.15) is 0 Å². The minimum Gasteiger partial charge on any atom is -0.322 e. The normalized spacial score (nSPS) is 11.2. The number of rotatable bonds is 4. The fourth-order valence-electron chi connectivity index (χ4n) is 2.81. The van der Waals surface area contributed by atoms with Gasteiger partial charge in [-0.05, 0) is 38.1 Å². The van der Waals surface area contributed by atoms with Crippen molar-refractivity contribution in [1.82, 2.24) is 9.78 Å². The van der Waals surface area contributed by atoms with Crippen molar-refractivity contribution in [3.05, 3.63) is 71.5 Å². The highest BCUT2D eigenvalue weighted by atomic mass is 35.6. The Hall–Kier alpha value is -2.54. The lowest BCUT2D eigenvalue weighted by molar-refractivity contribution is -0.115. The Balaban J connectivity index is 1.89. The molecule has 29 heavy (non-hydrogen) atoms. The van der Waals surface area contributed by atoms with Crippen LogP contribution in [0.1, 0.15) is 21.7 Å². The van der Waals surface area contributed by atoms with E-state index in [1.165, 1.54) is 0 Å². The van der Waals surface area contributed by atoms with Crippen LogP contribution in [-0.4, -0.2) is 25.4 Å². The molecule has 0 saturated carbocycles. The maximum Gasteiger partial charge on any atom is 0.276 e. The van der Waals surface area contributed by atoms with Crippen molar-refractivity contribution in [2.45, 2.75) is 17.6 Å². The first-order chi connectivity index (χ1) is 13.7. The van der Waals surface area contributed by atoms with Crippen molar-refractivity contribution in [2.24, 2.45) is 0 Å². The van der Waals surface area contributed by atoms with Crippen LogP contribution in [-0.2, 0) is 4.79 Å². The van der Waals surface area contributed by atoms with Crippen molar-refractivity contribution >= 4 is 58.0 Å². The topological polar surface area (TPSA) is 76.0 Å². The van der Waals surface area contributed by atoms with Gasteiger partial charge in [0.25, 0.3) is 15.6 Å². The fraction of sp³-hybridized carbons (Fsp3) is 0.150. The molecule has 2 amide bonds. The number of nitrogens with one attached hydrogen (secondary N) is 2. The third kappa shape index (κ3) is 4.72. The number of aryl methyl sites for hydroxylation is 1. The lowest BCUT2D eigenvalue weighted by Gasteiger charge is -2.14. The number of nitrogens with zero attached hydrogens (tertiary/aromatic N) is 2. The molecular weight excluding hydrogens is 435 g/mol. The Morgan fingerprint density at radius 2 is 1.55 bits per heavy atom. The summed E-state index contributed by atoms with van der Waals surface area (Å²) < 4.78 is -0.394. The molecule has 2 aromatic carbocycles. The molecule has 0 atom stereocenters. The Morgan fingerprint density at radius 1 is 0.931 bits per heavy atom. The zero-order chi connectivity index (χ0) is 21.2. The molecule has 0 bridgehead atoms. The van der Waals surface area contributed by atoms with Gasteiger partial charge in [-0.15, -0.1) is 0 Å². The maximum absolute atomic E-state index is 12.9. The maximum atomic E-state index is 12.9. The number of halogens is 3. The van der Waals surface area contributed by atoms with Gasteiger partial charge in [-0.1, -0.05) is 65.1 Å². The highest BCUT2D eigenvalue weighted by Crippen LogP contribution is 2.29. The second kappa shape index (κ2) is 8.45. The number of hydrogen-bond acceptors (Lipinski definition) is 3. The molecule has 2 N–H and O–H groups in total. The second-order valence-corrected chi connectivity index (χ2v) is 8.53. The number of hydrogen-bond donors (Lipinski definition) is 2. The van der Waals surface area contributed by atoms with Crippen LogP contribution in [0.4, 0.5) is 11.4 Å². The summed E-state index contributed by atoms with van der Waals surface area (Å²) in [6.07, 6.45) is 0. The lowest BCUT2D eigenvalue weighted by Crippen LogP contribution is -2.28. The van der Waals surface area contributed by atoms with Crippen LogP contribution < -0.4 is 10.6 Å². The molecule has 3 aromatic rings. The van der Waals surface area contributed by atoms with Crippen LogP contribution in [0.15, 0.2) is 54.6 Å². The van der Waals surface area contributed by atoms with Gasteiger partial charge in [0.05, 0.1) is 34.0 Å². The average Bonchev–Trinajstić information content (AvgIpc) is 2.96. The summed E-state index contributed by atoms with van der Waals surface area (Å²) in [6.45, 7) is 3.66. The van der Waals surface area contributed by atoms with Gasteiger partial charge < -0.3 is 10.6 Å². The fourth-order valence-corrected chi connectivity index (χ4v) is 2.95. The summed E-state index contributed by atoms with van der Waals surface area (Å²) >= 11 is 16.8. The van der Waals surface area contributed by atoms with E-state index in [2.05, 4.69) is 15.7 Å². The van der Waals surface area contributed by atoms with Gasteiger partial charge in [-0.25, -0.2) is 4.68 Å². The molecular formula is C20H17Cl3N4O2. The highest BCUT2D eigenvalue weighted by molar-refractivity contribution is 6.76. The van der Waals surface area contributed by atoms with E-state index in [0.717, 1.165) is 11.4 Å². The minimum atomic E-state index is -2.15.